The van der Waals surface area contributed by atoms with Gasteiger partial charge in [0, 0.05) is 31.5 Å². The second kappa shape index (κ2) is 10.8. The van der Waals surface area contributed by atoms with Crippen LogP contribution in [0.3, 0.4) is 0 Å². The zero-order valence-corrected chi connectivity index (χ0v) is 17.5. The fourth-order valence-electron chi connectivity index (χ4n) is 3.08. The molecular formula is C21H31N5O3. The van der Waals surface area contributed by atoms with Gasteiger partial charge < -0.3 is 24.6 Å². The number of hydrogen-bond acceptors (Lipinski definition) is 6. The molecule has 8 heteroatoms. The summed E-state index contributed by atoms with van der Waals surface area (Å²) in [6, 6.07) is 6.26. The number of aromatic nitrogens is 2. The highest BCUT2D eigenvalue weighted by atomic mass is 16.5. The molecule has 1 aliphatic rings. The van der Waals surface area contributed by atoms with Crippen LogP contribution in [0.25, 0.3) is 0 Å². The predicted octanol–water partition coefficient (Wildman–Crippen LogP) is 2.54. The van der Waals surface area contributed by atoms with Gasteiger partial charge in [-0.05, 0) is 38.8 Å². The van der Waals surface area contributed by atoms with Crippen LogP contribution < -0.4 is 15.4 Å². The van der Waals surface area contributed by atoms with E-state index in [9.17, 15) is 0 Å². The Hall–Kier alpha value is -2.61. The van der Waals surface area contributed by atoms with Gasteiger partial charge in [-0.15, -0.1) is 0 Å². The molecule has 1 unspecified atom stereocenters. The topological polar surface area (TPSA) is 93.8 Å². The highest BCUT2D eigenvalue weighted by Crippen LogP contribution is 2.24. The molecule has 1 atom stereocenters. The summed E-state index contributed by atoms with van der Waals surface area (Å²) < 4.78 is 16.7. The van der Waals surface area contributed by atoms with Crippen LogP contribution in [0.5, 0.6) is 5.75 Å². The van der Waals surface area contributed by atoms with E-state index in [0.717, 1.165) is 56.2 Å². The molecule has 0 amide bonds. The van der Waals surface area contributed by atoms with Gasteiger partial charge >= 0.3 is 0 Å². The van der Waals surface area contributed by atoms with Crippen LogP contribution in [0.2, 0.25) is 0 Å². The molecule has 0 bridgehead atoms. The maximum atomic E-state index is 6.17. The minimum Gasteiger partial charge on any atom is -0.488 e. The van der Waals surface area contributed by atoms with E-state index < -0.39 is 0 Å². The van der Waals surface area contributed by atoms with E-state index in [0.29, 0.717) is 24.9 Å². The summed E-state index contributed by atoms with van der Waals surface area (Å²) in [7, 11) is 0. The van der Waals surface area contributed by atoms with Crippen molar-refractivity contribution in [3.05, 3.63) is 41.0 Å². The Labute approximate surface area is 172 Å². The molecule has 1 aromatic carbocycles. The van der Waals surface area contributed by atoms with Crippen LogP contribution in [-0.2, 0) is 17.7 Å². The van der Waals surface area contributed by atoms with E-state index in [1.807, 2.05) is 6.92 Å². The van der Waals surface area contributed by atoms with Gasteiger partial charge in [-0.2, -0.15) is 4.98 Å². The standard InChI is InChI=1S/C21H31N5O3/c1-4-22-21(23-10-5-6-20-25-16(3)26-29-20)24-13-17-8-7-15(2)12-19(17)28-18-9-11-27-14-18/h7-8,12,18H,4-6,9-11,13-14H2,1-3H3,(H2,22,23,24). The molecule has 2 aromatic rings. The van der Waals surface area contributed by atoms with Crippen LogP contribution in [0.1, 0.15) is 42.6 Å². The highest BCUT2D eigenvalue weighted by Gasteiger charge is 2.18. The third-order valence-corrected chi connectivity index (χ3v) is 4.59. The third-order valence-electron chi connectivity index (χ3n) is 4.59. The van der Waals surface area contributed by atoms with Crippen molar-refractivity contribution in [1.82, 2.24) is 20.8 Å². The van der Waals surface area contributed by atoms with Gasteiger partial charge in [-0.1, -0.05) is 17.3 Å². The summed E-state index contributed by atoms with van der Waals surface area (Å²) in [6.45, 7) is 9.48. The SMILES string of the molecule is CCNC(=NCc1ccc(C)cc1OC1CCOC1)NCCCc1nc(C)no1. The van der Waals surface area contributed by atoms with Crippen molar-refractivity contribution in [3.8, 4) is 5.75 Å². The monoisotopic (exact) mass is 401 g/mol. The second-order valence-electron chi connectivity index (χ2n) is 7.18. The molecule has 8 nitrogen and oxygen atoms in total. The number of ether oxygens (including phenoxy) is 2. The van der Waals surface area contributed by atoms with Gasteiger partial charge in [0.25, 0.3) is 0 Å². The van der Waals surface area contributed by atoms with E-state index in [2.05, 4.69) is 52.8 Å². The molecule has 2 heterocycles. The van der Waals surface area contributed by atoms with Crippen LogP contribution in [0.15, 0.2) is 27.7 Å². The van der Waals surface area contributed by atoms with E-state index >= 15 is 0 Å². The lowest BCUT2D eigenvalue weighted by Gasteiger charge is -2.16. The minimum absolute atomic E-state index is 0.124. The van der Waals surface area contributed by atoms with Crippen molar-refractivity contribution >= 4 is 5.96 Å². The molecule has 1 aromatic heterocycles. The Balaban J connectivity index is 1.55. The molecule has 0 saturated carbocycles. The van der Waals surface area contributed by atoms with Crippen LogP contribution in [0, 0.1) is 13.8 Å². The fourth-order valence-corrected chi connectivity index (χ4v) is 3.08. The molecule has 1 fully saturated rings. The number of nitrogens with zero attached hydrogens (tertiary/aromatic N) is 3. The largest absolute Gasteiger partial charge is 0.488 e. The lowest BCUT2D eigenvalue weighted by molar-refractivity contribution is 0.140. The molecular weight excluding hydrogens is 370 g/mol. The number of hydrogen-bond donors (Lipinski definition) is 2. The van der Waals surface area contributed by atoms with Crippen molar-refractivity contribution < 1.29 is 14.0 Å². The van der Waals surface area contributed by atoms with Crippen LogP contribution in [0.4, 0.5) is 0 Å². The first-order chi connectivity index (χ1) is 14.1. The van der Waals surface area contributed by atoms with Crippen molar-refractivity contribution in [1.29, 1.82) is 0 Å². The number of rotatable bonds is 9. The summed E-state index contributed by atoms with van der Waals surface area (Å²) in [4.78, 5) is 8.95. The molecule has 0 radical (unpaired) electrons. The maximum absolute atomic E-state index is 6.17. The summed E-state index contributed by atoms with van der Waals surface area (Å²) in [5.74, 6) is 3.02. The number of aliphatic imine (C=N–C) groups is 1. The Kier molecular flexibility index (Phi) is 7.86. The number of benzene rings is 1. The van der Waals surface area contributed by atoms with E-state index in [1.54, 1.807) is 0 Å². The Morgan fingerprint density at radius 3 is 2.93 bits per heavy atom. The second-order valence-corrected chi connectivity index (χ2v) is 7.18. The van der Waals surface area contributed by atoms with E-state index in [4.69, 9.17) is 19.0 Å². The zero-order chi connectivity index (χ0) is 20.5. The number of nitrogens with one attached hydrogen (secondary N) is 2. The molecule has 1 saturated heterocycles. The molecule has 3 rings (SSSR count). The first-order valence-electron chi connectivity index (χ1n) is 10.3. The molecule has 0 aliphatic carbocycles. The number of guanidine groups is 1. The summed E-state index contributed by atoms with van der Waals surface area (Å²) in [6.07, 6.45) is 2.68. The molecule has 158 valence electrons. The van der Waals surface area contributed by atoms with Gasteiger partial charge in [0.15, 0.2) is 11.8 Å². The summed E-state index contributed by atoms with van der Waals surface area (Å²) in [5.41, 5.74) is 2.24. The van der Waals surface area contributed by atoms with Crippen LogP contribution in [-0.4, -0.2) is 48.5 Å². The zero-order valence-electron chi connectivity index (χ0n) is 17.5. The smallest absolute Gasteiger partial charge is 0.226 e. The van der Waals surface area contributed by atoms with E-state index in [1.165, 1.54) is 5.56 Å². The Bertz CT molecular complexity index is 799. The van der Waals surface area contributed by atoms with Crippen molar-refractivity contribution in [2.75, 3.05) is 26.3 Å². The van der Waals surface area contributed by atoms with Crippen molar-refractivity contribution in [2.24, 2.45) is 4.99 Å². The minimum atomic E-state index is 0.124. The van der Waals surface area contributed by atoms with Crippen molar-refractivity contribution in [3.63, 3.8) is 0 Å². The summed E-state index contributed by atoms with van der Waals surface area (Å²) in [5, 5.41) is 10.5. The normalized spacial score (nSPS) is 16.8. The molecule has 29 heavy (non-hydrogen) atoms. The first kappa shape index (κ1) is 21.1. The van der Waals surface area contributed by atoms with Crippen LogP contribution >= 0.6 is 0 Å². The predicted molar refractivity (Wildman–Crippen MR) is 111 cm³/mol. The molecule has 2 N–H and O–H groups in total. The fraction of sp³-hybridized carbons (Fsp3) is 0.571. The van der Waals surface area contributed by atoms with Crippen molar-refractivity contribution in [2.45, 2.75) is 52.7 Å². The first-order valence-corrected chi connectivity index (χ1v) is 10.3. The van der Waals surface area contributed by atoms with Gasteiger partial charge in [0.05, 0.1) is 19.8 Å². The van der Waals surface area contributed by atoms with Gasteiger partial charge in [0.2, 0.25) is 5.89 Å². The Morgan fingerprint density at radius 1 is 1.31 bits per heavy atom. The van der Waals surface area contributed by atoms with Gasteiger partial charge in [-0.25, -0.2) is 4.99 Å². The highest BCUT2D eigenvalue weighted by molar-refractivity contribution is 5.79. The summed E-state index contributed by atoms with van der Waals surface area (Å²) >= 11 is 0. The Morgan fingerprint density at radius 2 is 2.21 bits per heavy atom. The number of aryl methyl sites for hydroxylation is 3. The van der Waals surface area contributed by atoms with E-state index in [-0.39, 0.29) is 6.10 Å². The van der Waals surface area contributed by atoms with Gasteiger partial charge in [-0.3, -0.25) is 0 Å². The molecule has 0 spiro atoms. The lowest BCUT2D eigenvalue weighted by atomic mass is 10.1. The quantitative estimate of drug-likeness (QED) is 0.379. The average Bonchev–Trinajstić information content (AvgIpc) is 3.36. The molecule has 1 aliphatic heterocycles. The third kappa shape index (κ3) is 6.74. The average molecular weight is 402 g/mol. The maximum Gasteiger partial charge on any atom is 0.226 e. The lowest BCUT2D eigenvalue weighted by Crippen LogP contribution is -2.37. The van der Waals surface area contributed by atoms with Gasteiger partial charge in [0.1, 0.15) is 11.9 Å².